The molecule has 6 heteroatoms. The van der Waals surface area contributed by atoms with Crippen molar-refractivity contribution < 1.29 is 9.53 Å². The third-order valence-corrected chi connectivity index (χ3v) is 2.92. The summed E-state index contributed by atoms with van der Waals surface area (Å²) in [6.45, 7) is 2.16. The van der Waals surface area contributed by atoms with Gasteiger partial charge in [-0.05, 0) is 25.2 Å². The van der Waals surface area contributed by atoms with Crippen LogP contribution < -0.4 is 5.73 Å². The van der Waals surface area contributed by atoms with Crippen LogP contribution >= 0.6 is 11.8 Å². The zero-order chi connectivity index (χ0) is 11.8. The molecule has 0 saturated heterocycles. The number of aromatic nitrogens is 2. The summed E-state index contributed by atoms with van der Waals surface area (Å²) in [6, 6.07) is 1.37. The Balaban J connectivity index is 2.08. The minimum absolute atomic E-state index is 0.317. The molecule has 0 aliphatic rings. The predicted molar refractivity (Wildman–Crippen MR) is 63.9 cm³/mol. The maximum absolute atomic E-state index is 11.2. The Hall–Kier alpha value is -1.01. The summed E-state index contributed by atoms with van der Waals surface area (Å²) in [6.07, 6.45) is 4.27. The van der Waals surface area contributed by atoms with Crippen LogP contribution in [-0.2, 0) is 15.4 Å². The van der Waals surface area contributed by atoms with Crippen molar-refractivity contribution in [3.63, 3.8) is 0 Å². The summed E-state index contributed by atoms with van der Waals surface area (Å²) < 4.78 is 6.65. The zero-order valence-electron chi connectivity index (χ0n) is 9.33. The van der Waals surface area contributed by atoms with Crippen LogP contribution in [0, 0.1) is 0 Å². The zero-order valence-corrected chi connectivity index (χ0v) is 10.2. The van der Waals surface area contributed by atoms with Crippen LogP contribution in [0.2, 0.25) is 0 Å². The van der Waals surface area contributed by atoms with Gasteiger partial charge in [0.1, 0.15) is 6.04 Å². The van der Waals surface area contributed by atoms with Crippen LogP contribution in [0.5, 0.6) is 0 Å². The molecule has 0 aliphatic heterocycles. The highest BCUT2D eigenvalue weighted by Gasteiger charge is 2.13. The molecule has 1 atom stereocenters. The van der Waals surface area contributed by atoms with Gasteiger partial charge in [0.25, 0.3) is 0 Å². The molecule has 16 heavy (non-hydrogen) atoms. The summed E-state index contributed by atoms with van der Waals surface area (Å²) in [5.74, 6) is 1.28. The summed E-state index contributed by atoms with van der Waals surface area (Å²) in [5.41, 5.74) is 5.65. The Morgan fingerprint density at radius 2 is 2.50 bits per heavy atom. The number of esters is 1. The van der Waals surface area contributed by atoms with E-state index in [1.165, 1.54) is 0 Å². The molecule has 0 saturated carbocycles. The summed E-state index contributed by atoms with van der Waals surface area (Å²) in [7, 11) is 0. The van der Waals surface area contributed by atoms with Crippen LogP contribution in [0.4, 0.5) is 0 Å². The molecule has 90 valence electrons. The number of hydrogen-bond donors (Lipinski definition) is 1. The van der Waals surface area contributed by atoms with Crippen LogP contribution in [0.1, 0.15) is 13.3 Å². The van der Waals surface area contributed by atoms with Crippen molar-refractivity contribution in [1.82, 2.24) is 9.78 Å². The minimum atomic E-state index is -0.509. The fraction of sp³-hybridized carbons (Fsp3) is 0.600. The lowest BCUT2D eigenvalue weighted by molar-refractivity contribution is -0.144. The highest BCUT2D eigenvalue weighted by Crippen LogP contribution is 2.07. The highest BCUT2D eigenvalue weighted by molar-refractivity contribution is 7.98. The fourth-order valence-electron chi connectivity index (χ4n) is 1.11. The highest BCUT2D eigenvalue weighted by atomic mass is 32.2. The van der Waals surface area contributed by atoms with E-state index in [9.17, 15) is 4.79 Å². The molecular formula is C10H17N3O2S. The third kappa shape index (κ3) is 4.67. The molecule has 1 aromatic heterocycles. The Bertz CT molecular complexity index is 303. The molecule has 0 aromatic carbocycles. The van der Waals surface area contributed by atoms with E-state index in [0.29, 0.717) is 13.0 Å². The number of carbonyl (C=O) groups is 1. The first-order chi connectivity index (χ1) is 7.74. The van der Waals surface area contributed by atoms with Crippen molar-refractivity contribution in [3.8, 4) is 0 Å². The van der Waals surface area contributed by atoms with E-state index in [0.717, 1.165) is 11.6 Å². The molecule has 1 unspecified atom stereocenters. The van der Waals surface area contributed by atoms with Gasteiger partial charge in [0, 0.05) is 12.4 Å². The second-order valence-corrected chi connectivity index (χ2v) is 4.30. The van der Waals surface area contributed by atoms with E-state index < -0.39 is 6.04 Å². The molecule has 5 nitrogen and oxygen atoms in total. The number of ether oxygens (including phenoxy) is 1. The van der Waals surface area contributed by atoms with Crippen molar-refractivity contribution in [2.24, 2.45) is 5.73 Å². The molecule has 0 spiro atoms. The fourth-order valence-corrected chi connectivity index (χ4v) is 2.00. The van der Waals surface area contributed by atoms with Gasteiger partial charge in [0.2, 0.25) is 0 Å². The van der Waals surface area contributed by atoms with Crippen LogP contribution in [0.25, 0.3) is 0 Å². The monoisotopic (exact) mass is 243 g/mol. The number of carbonyl (C=O) groups excluding carboxylic acids is 1. The smallest absolute Gasteiger partial charge is 0.322 e. The molecular weight excluding hydrogens is 226 g/mol. The third-order valence-electron chi connectivity index (χ3n) is 1.95. The molecule has 0 fully saturated rings. The minimum Gasteiger partial charge on any atom is -0.465 e. The van der Waals surface area contributed by atoms with E-state index in [1.54, 1.807) is 24.9 Å². The standard InChI is InChI=1S/C10H17N3O2S/c1-2-15-10(14)9(11)4-7-16-8-13-6-3-5-12-13/h3,5-6,9H,2,4,7-8,11H2,1H3. The van der Waals surface area contributed by atoms with Crippen LogP contribution in [0.15, 0.2) is 18.5 Å². The van der Waals surface area contributed by atoms with Gasteiger partial charge in [0.15, 0.2) is 0 Å². The van der Waals surface area contributed by atoms with Gasteiger partial charge in [-0.1, -0.05) is 0 Å². The molecule has 2 N–H and O–H groups in total. The number of thioether (sulfide) groups is 1. The van der Waals surface area contributed by atoms with Crippen LogP contribution in [0.3, 0.4) is 0 Å². The molecule has 0 amide bonds. The molecule has 1 heterocycles. The first-order valence-corrected chi connectivity index (χ1v) is 6.37. The molecule has 1 rings (SSSR count). The van der Waals surface area contributed by atoms with Gasteiger partial charge in [-0.25, -0.2) is 0 Å². The van der Waals surface area contributed by atoms with Crippen molar-refractivity contribution in [2.45, 2.75) is 25.3 Å². The predicted octanol–water partition coefficient (Wildman–Crippen LogP) is 0.854. The first-order valence-electron chi connectivity index (χ1n) is 5.21. The van der Waals surface area contributed by atoms with E-state index >= 15 is 0 Å². The average molecular weight is 243 g/mol. The van der Waals surface area contributed by atoms with Gasteiger partial charge in [-0.15, -0.1) is 11.8 Å². The van der Waals surface area contributed by atoms with E-state index in [-0.39, 0.29) is 5.97 Å². The quantitative estimate of drug-likeness (QED) is 0.568. The normalized spacial score (nSPS) is 12.4. The van der Waals surface area contributed by atoms with E-state index in [1.807, 2.05) is 16.9 Å². The molecule has 0 bridgehead atoms. The van der Waals surface area contributed by atoms with Gasteiger partial charge in [-0.2, -0.15) is 5.10 Å². The lowest BCUT2D eigenvalue weighted by atomic mass is 10.2. The van der Waals surface area contributed by atoms with E-state index in [2.05, 4.69) is 5.10 Å². The number of nitrogens with zero attached hydrogens (tertiary/aromatic N) is 2. The van der Waals surface area contributed by atoms with Crippen molar-refractivity contribution >= 4 is 17.7 Å². The summed E-state index contributed by atoms with van der Waals surface area (Å²) in [4.78, 5) is 11.2. The van der Waals surface area contributed by atoms with Gasteiger partial charge in [0.05, 0.1) is 12.5 Å². The topological polar surface area (TPSA) is 70.1 Å². The maximum Gasteiger partial charge on any atom is 0.322 e. The average Bonchev–Trinajstić information content (AvgIpc) is 2.77. The Kier molecular flexibility index (Phi) is 5.95. The van der Waals surface area contributed by atoms with Crippen molar-refractivity contribution in [2.75, 3.05) is 12.4 Å². The van der Waals surface area contributed by atoms with Gasteiger partial charge in [-0.3, -0.25) is 9.48 Å². The number of hydrogen-bond acceptors (Lipinski definition) is 5. The van der Waals surface area contributed by atoms with Crippen molar-refractivity contribution in [1.29, 1.82) is 0 Å². The SMILES string of the molecule is CCOC(=O)C(N)CCSCn1cccn1. The summed E-state index contributed by atoms with van der Waals surface area (Å²) in [5, 5.41) is 4.07. The van der Waals surface area contributed by atoms with Crippen LogP contribution in [-0.4, -0.2) is 34.2 Å². The van der Waals surface area contributed by atoms with Gasteiger partial charge < -0.3 is 10.5 Å². The Labute approximate surface area is 99.3 Å². The molecule has 0 radical (unpaired) electrons. The first kappa shape index (κ1) is 13.1. The maximum atomic E-state index is 11.2. The van der Waals surface area contributed by atoms with E-state index in [4.69, 9.17) is 10.5 Å². The second kappa shape index (κ2) is 7.29. The lowest BCUT2D eigenvalue weighted by Crippen LogP contribution is -2.32. The molecule has 0 aliphatic carbocycles. The van der Waals surface area contributed by atoms with Crippen molar-refractivity contribution in [3.05, 3.63) is 18.5 Å². The lowest BCUT2D eigenvalue weighted by Gasteiger charge is -2.09. The second-order valence-electron chi connectivity index (χ2n) is 3.23. The Morgan fingerprint density at radius 3 is 3.12 bits per heavy atom. The summed E-state index contributed by atoms with van der Waals surface area (Å²) >= 11 is 1.69. The largest absolute Gasteiger partial charge is 0.465 e. The number of rotatable bonds is 7. The Morgan fingerprint density at radius 1 is 1.69 bits per heavy atom. The van der Waals surface area contributed by atoms with Gasteiger partial charge >= 0.3 is 5.97 Å². The number of nitrogens with two attached hydrogens (primary N) is 1. The molecule has 1 aromatic rings.